The molecule has 6 heteroatoms. The van der Waals surface area contributed by atoms with Crippen LogP contribution in [0.4, 0.5) is 11.8 Å². The second kappa shape index (κ2) is 7.17. The molecule has 0 unspecified atom stereocenters. The van der Waals surface area contributed by atoms with Gasteiger partial charge >= 0.3 is 0 Å². The topological polar surface area (TPSA) is 82.3 Å². The fraction of sp³-hybridized carbons (Fsp3) is 0.474. The number of aromatic nitrogens is 2. The lowest BCUT2D eigenvalue weighted by Gasteiger charge is -2.18. The molecule has 134 valence electrons. The Morgan fingerprint density at radius 1 is 1.16 bits per heavy atom. The zero-order valence-electron chi connectivity index (χ0n) is 15.3. The minimum Gasteiger partial charge on any atom is -0.493 e. The average Bonchev–Trinajstić information content (AvgIpc) is 3.40. The number of ether oxygens (including phenoxy) is 2. The number of nitrogen functional groups attached to an aromatic ring is 1. The van der Waals surface area contributed by atoms with Crippen LogP contribution in [0.2, 0.25) is 0 Å². The molecule has 0 saturated heterocycles. The van der Waals surface area contributed by atoms with Crippen molar-refractivity contribution < 1.29 is 9.47 Å². The summed E-state index contributed by atoms with van der Waals surface area (Å²) in [6, 6.07) is 4.56. The van der Waals surface area contributed by atoms with Crippen LogP contribution in [0, 0.1) is 0 Å². The molecule has 0 radical (unpaired) electrons. The number of nitrogens with two attached hydrogens (primary N) is 1. The molecule has 0 spiro atoms. The van der Waals surface area contributed by atoms with Gasteiger partial charge in [-0.15, -0.1) is 0 Å². The Hall–Kier alpha value is -2.50. The Kier molecular flexibility index (Phi) is 4.97. The molecule has 3 N–H and O–H groups in total. The van der Waals surface area contributed by atoms with E-state index >= 15 is 0 Å². The molecule has 1 saturated carbocycles. The highest BCUT2D eigenvalue weighted by molar-refractivity contribution is 5.52. The van der Waals surface area contributed by atoms with Crippen molar-refractivity contribution in [1.29, 1.82) is 0 Å². The molecule has 0 aliphatic heterocycles. The zero-order chi connectivity index (χ0) is 18.0. The van der Waals surface area contributed by atoms with Crippen LogP contribution < -0.4 is 20.5 Å². The van der Waals surface area contributed by atoms with Gasteiger partial charge in [0.25, 0.3) is 0 Å². The van der Waals surface area contributed by atoms with E-state index in [1.54, 1.807) is 14.2 Å². The fourth-order valence-corrected chi connectivity index (χ4v) is 2.87. The van der Waals surface area contributed by atoms with E-state index in [0.717, 1.165) is 16.9 Å². The lowest BCUT2D eigenvalue weighted by Crippen LogP contribution is -2.09. The van der Waals surface area contributed by atoms with E-state index in [9.17, 15) is 0 Å². The second-order valence-corrected chi connectivity index (χ2v) is 6.76. The minimum atomic E-state index is 0.354. The lowest BCUT2D eigenvalue weighted by atomic mass is 9.92. The minimum absolute atomic E-state index is 0.354. The maximum Gasteiger partial charge on any atom is 0.224 e. The first-order valence-corrected chi connectivity index (χ1v) is 8.64. The molecule has 1 aromatic heterocycles. The maximum absolute atomic E-state index is 6.17. The first kappa shape index (κ1) is 17.3. The quantitative estimate of drug-likeness (QED) is 0.803. The summed E-state index contributed by atoms with van der Waals surface area (Å²) >= 11 is 0. The normalized spacial score (nSPS) is 13.8. The van der Waals surface area contributed by atoms with Crippen molar-refractivity contribution in [3.05, 3.63) is 35.0 Å². The van der Waals surface area contributed by atoms with Crippen LogP contribution in [0.5, 0.6) is 11.5 Å². The van der Waals surface area contributed by atoms with Crippen LogP contribution in [-0.2, 0) is 6.42 Å². The Morgan fingerprint density at radius 3 is 2.40 bits per heavy atom. The van der Waals surface area contributed by atoms with Crippen LogP contribution in [0.1, 0.15) is 49.3 Å². The molecule has 25 heavy (non-hydrogen) atoms. The van der Waals surface area contributed by atoms with Crippen molar-refractivity contribution in [2.75, 3.05) is 25.3 Å². The fourth-order valence-electron chi connectivity index (χ4n) is 2.87. The third kappa shape index (κ3) is 3.95. The largest absolute Gasteiger partial charge is 0.493 e. The van der Waals surface area contributed by atoms with Gasteiger partial charge in [0, 0.05) is 24.2 Å². The van der Waals surface area contributed by atoms with Crippen molar-refractivity contribution >= 4 is 11.8 Å². The van der Waals surface area contributed by atoms with Crippen molar-refractivity contribution in [1.82, 2.24) is 9.97 Å². The summed E-state index contributed by atoms with van der Waals surface area (Å²) in [7, 11) is 3.30. The highest BCUT2D eigenvalue weighted by Crippen LogP contribution is 2.35. The predicted octanol–water partition coefficient (Wildman–Crippen LogP) is 3.36. The first-order valence-electron chi connectivity index (χ1n) is 8.64. The van der Waals surface area contributed by atoms with Gasteiger partial charge in [0.2, 0.25) is 5.95 Å². The summed E-state index contributed by atoms with van der Waals surface area (Å²) in [6.45, 7) is 4.32. The van der Waals surface area contributed by atoms with Crippen molar-refractivity contribution in [3.8, 4) is 11.5 Å². The van der Waals surface area contributed by atoms with Crippen LogP contribution in [-0.4, -0.2) is 30.2 Å². The molecule has 1 aliphatic carbocycles. The van der Waals surface area contributed by atoms with E-state index in [1.807, 2.05) is 18.3 Å². The number of benzene rings is 1. The number of hydrogen-bond donors (Lipinski definition) is 2. The molecular weight excluding hydrogens is 316 g/mol. The average molecular weight is 342 g/mol. The molecule has 0 amide bonds. The number of nitrogens with zero attached hydrogens (tertiary/aromatic N) is 2. The first-order chi connectivity index (χ1) is 12.0. The van der Waals surface area contributed by atoms with E-state index in [1.165, 1.54) is 18.4 Å². The molecule has 1 aromatic carbocycles. The van der Waals surface area contributed by atoms with E-state index < -0.39 is 0 Å². The van der Waals surface area contributed by atoms with E-state index in [0.29, 0.717) is 35.9 Å². The van der Waals surface area contributed by atoms with Crippen LogP contribution >= 0.6 is 0 Å². The highest BCUT2D eigenvalue weighted by atomic mass is 16.5. The molecular formula is C19H26N4O2. The molecule has 1 fully saturated rings. The van der Waals surface area contributed by atoms with Crippen molar-refractivity contribution in [2.24, 2.45) is 0 Å². The predicted molar refractivity (Wildman–Crippen MR) is 99.5 cm³/mol. The van der Waals surface area contributed by atoms with Gasteiger partial charge in [-0.1, -0.05) is 13.8 Å². The van der Waals surface area contributed by atoms with Gasteiger partial charge in [0.15, 0.2) is 11.5 Å². The number of anilines is 2. The molecule has 0 atom stereocenters. The summed E-state index contributed by atoms with van der Waals surface area (Å²) < 4.78 is 10.9. The Morgan fingerprint density at radius 2 is 1.84 bits per heavy atom. The van der Waals surface area contributed by atoms with E-state index in [2.05, 4.69) is 29.1 Å². The van der Waals surface area contributed by atoms with E-state index in [-0.39, 0.29) is 0 Å². The van der Waals surface area contributed by atoms with Gasteiger partial charge in [-0.2, -0.15) is 4.98 Å². The SMILES string of the molecule is COc1cc(Cc2cnc(NC3CC3)nc2N)c(C(C)C)cc1OC. The molecule has 0 bridgehead atoms. The van der Waals surface area contributed by atoms with Gasteiger partial charge < -0.3 is 20.5 Å². The number of nitrogens with one attached hydrogen (secondary N) is 1. The third-order valence-corrected chi connectivity index (χ3v) is 4.46. The summed E-state index contributed by atoms with van der Waals surface area (Å²) in [5, 5.41) is 3.27. The number of methoxy groups -OCH3 is 2. The van der Waals surface area contributed by atoms with Gasteiger partial charge in [-0.3, -0.25) is 0 Å². The Balaban J connectivity index is 1.90. The van der Waals surface area contributed by atoms with Gasteiger partial charge in [0.1, 0.15) is 5.82 Å². The van der Waals surface area contributed by atoms with Crippen molar-refractivity contribution in [3.63, 3.8) is 0 Å². The zero-order valence-corrected chi connectivity index (χ0v) is 15.3. The van der Waals surface area contributed by atoms with Crippen molar-refractivity contribution in [2.45, 2.75) is 45.1 Å². The highest BCUT2D eigenvalue weighted by Gasteiger charge is 2.22. The number of hydrogen-bond acceptors (Lipinski definition) is 6. The third-order valence-electron chi connectivity index (χ3n) is 4.46. The second-order valence-electron chi connectivity index (χ2n) is 6.76. The van der Waals surface area contributed by atoms with Gasteiger partial charge in [-0.25, -0.2) is 4.98 Å². The summed E-state index contributed by atoms with van der Waals surface area (Å²) in [5.74, 6) is 2.94. The lowest BCUT2D eigenvalue weighted by molar-refractivity contribution is 0.354. The molecule has 6 nitrogen and oxygen atoms in total. The number of rotatable bonds is 7. The monoisotopic (exact) mass is 342 g/mol. The van der Waals surface area contributed by atoms with Crippen LogP contribution in [0.3, 0.4) is 0 Å². The molecule has 1 aliphatic rings. The van der Waals surface area contributed by atoms with Crippen LogP contribution in [0.25, 0.3) is 0 Å². The standard InChI is InChI=1S/C19H26N4O2/c1-11(2)15-9-17(25-4)16(24-3)8-12(15)7-13-10-21-19(23-18(13)20)22-14-5-6-14/h8-11,14H,5-7H2,1-4H3,(H3,20,21,22,23). The Labute approximate surface area is 148 Å². The molecule has 2 aromatic rings. The summed E-state index contributed by atoms with van der Waals surface area (Å²) in [5.41, 5.74) is 9.43. The Bertz CT molecular complexity index is 757. The summed E-state index contributed by atoms with van der Waals surface area (Å²) in [4.78, 5) is 8.81. The maximum atomic E-state index is 6.17. The van der Waals surface area contributed by atoms with Crippen LogP contribution in [0.15, 0.2) is 18.3 Å². The van der Waals surface area contributed by atoms with Gasteiger partial charge in [0.05, 0.1) is 14.2 Å². The van der Waals surface area contributed by atoms with E-state index in [4.69, 9.17) is 15.2 Å². The molecule has 3 rings (SSSR count). The summed E-state index contributed by atoms with van der Waals surface area (Å²) in [6.07, 6.45) is 4.82. The smallest absolute Gasteiger partial charge is 0.224 e. The molecule has 1 heterocycles. The van der Waals surface area contributed by atoms with Gasteiger partial charge in [-0.05, 0) is 42.0 Å².